The number of hydrogen-bond acceptors (Lipinski definition) is 1. The van der Waals surface area contributed by atoms with Crippen LogP contribution in [0.1, 0.15) is 43.0 Å². The van der Waals surface area contributed by atoms with E-state index in [1.165, 1.54) is 0 Å². The van der Waals surface area contributed by atoms with Crippen LogP contribution in [0.2, 0.25) is 0 Å². The first-order valence-electron chi connectivity index (χ1n) is 6.39. The van der Waals surface area contributed by atoms with Crippen molar-refractivity contribution in [2.45, 2.75) is 38.6 Å². The Morgan fingerprint density at radius 1 is 1.39 bits per heavy atom. The van der Waals surface area contributed by atoms with Crippen LogP contribution < -0.4 is 0 Å². The zero-order chi connectivity index (χ0) is 13.1. The van der Waals surface area contributed by atoms with Gasteiger partial charge in [0.15, 0.2) is 0 Å². The molecular weight excluding hydrogens is 358 g/mol. The van der Waals surface area contributed by atoms with Gasteiger partial charge in [0.25, 0.3) is 5.91 Å². The van der Waals surface area contributed by atoms with Gasteiger partial charge in [0.05, 0.1) is 5.56 Å². The van der Waals surface area contributed by atoms with Gasteiger partial charge in [0.2, 0.25) is 0 Å². The fraction of sp³-hybridized carbons (Fsp3) is 0.500. The van der Waals surface area contributed by atoms with Crippen LogP contribution in [0, 0.1) is 0 Å². The molecule has 1 fully saturated rings. The summed E-state index contributed by atoms with van der Waals surface area (Å²) in [6.45, 7) is 3.04. The molecule has 18 heavy (non-hydrogen) atoms. The molecule has 1 aromatic carbocycles. The number of hydrogen-bond donors (Lipinski definition) is 0. The third kappa shape index (κ3) is 3.35. The highest BCUT2D eigenvalue weighted by Crippen LogP contribution is 2.31. The standard InChI is InChI=1S/C14H17Br2NO/c1-2-3-8-17(11-5-6-11)14(18)12-7-4-10(15)9-13(12)16/h4,7,9,11H,2-3,5-6,8H2,1H3. The number of carbonyl (C=O) groups excluding carboxylic acids is 1. The van der Waals surface area contributed by atoms with Gasteiger partial charge in [-0.3, -0.25) is 4.79 Å². The Balaban J connectivity index is 2.16. The van der Waals surface area contributed by atoms with E-state index >= 15 is 0 Å². The molecule has 0 aliphatic heterocycles. The lowest BCUT2D eigenvalue weighted by molar-refractivity contribution is 0.0740. The van der Waals surface area contributed by atoms with E-state index in [-0.39, 0.29) is 5.91 Å². The minimum absolute atomic E-state index is 0.158. The Labute approximate surface area is 125 Å². The molecule has 0 N–H and O–H groups in total. The predicted molar refractivity (Wildman–Crippen MR) is 80.8 cm³/mol. The van der Waals surface area contributed by atoms with E-state index in [1.807, 2.05) is 23.1 Å². The van der Waals surface area contributed by atoms with Gasteiger partial charge in [0, 0.05) is 21.5 Å². The molecule has 0 aromatic heterocycles. The maximum atomic E-state index is 12.5. The summed E-state index contributed by atoms with van der Waals surface area (Å²) < 4.78 is 1.85. The topological polar surface area (TPSA) is 20.3 Å². The molecule has 0 heterocycles. The van der Waals surface area contributed by atoms with Gasteiger partial charge in [-0.15, -0.1) is 0 Å². The maximum absolute atomic E-state index is 12.5. The van der Waals surface area contributed by atoms with Crippen molar-refractivity contribution in [3.05, 3.63) is 32.7 Å². The molecule has 1 saturated carbocycles. The molecule has 0 atom stereocenters. The van der Waals surface area contributed by atoms with E-state index in [0.717, 1.165) is 46.7 Å². The largest absolute Gasteiger partial charge is 0.336 e. The molecule has 1 amide bonds. The number of carbonyl (C=O) groups is 1. The van der Waals surface area contributed by atoms with Crippen molar-refractivity contribution in [2.75, 3.05) is 6.54 Å². The highest BCUT2D eigenvalue weighted by Gasteiger charge is 2.33. The Hall–Kier alpha value is -0.350. The highest BCUT2D eigenvalue weighted by atomic mass is 79.9. The molecule has 98 valence electrons. The predicted octanol–water partition coefficient (Wildman–Crippen LogP) is 4.62. The molecule has 0 unspecified atom stereocenters. The normalized spacial score (nSPS) is 14.6. The average molecular weight is 375 g/mol. The van der Waals surface area contributed by atoms with Crippen molar-refractivity contribution >= 4 is 37.8 Å². The Morgan fingerprint density at radius 3 is 2.67 bits per heavy atom. The maximum Gasteiger partial charge on any atom is 0.255 e. The number of unbranched alkanes of at least 4 members (excludes halogenated alkanes) is 1. The number of amides is 1. The molecule has 2 rings (SSSR count). The SMILES string of the molecule is CCCCN(C(=O)c1ccc(Br)cc1Br)C1CC1. The van der Waals surface area contributed by atoms with Crippen LogP contribution in [0.5, 0.6) is 0 Å². The minimum atomic E-state index is 0.158. The molecule has 1 aromatic rings. The second-order valence-electron chi connectivity index (χ2n) is 4.71. The lowest BCUT2D eigenvalue weighted by Gasteiger charge is -2.23. The summed E-state index contributed by atoms with van der Waals surface area (Å²) in [7, 11) is 0. The second-order valence-corrected chi connectivity index (χ2v) is 6.48. The molecule has 1 aliphatic carbocycles. The van der Waals surface area contributed by atoms with Crippen molar-refractivity contribution in [1.29, 1.82) is 0 Å². The number of benzene rings is 1. The first-order valence-corrected chi connectivity index (χ1v) is 7.98. The smallest absolute Gasteiger partial charge is 0.255 e. The van der Waals surface area contributed by atoms with Crippen LogP contribution >= 0.6 is 31.9 Å². The molecule has 0 radical (unpaired) electrons. The first kappa shape index (κ1) is 14.1. The summed E-state index contributed by atoms with van der Waals surface area (Å²) in [6.07, 6.45) is 4.52. The Bertz CT molecular complexity index is 443. The molecule has 4 heteroatoms. The van der Waals surface area contributed by atoms with Crippen LogP contribution in [0.4, 0.5) is 0 Å². The van der Waals surface area contributed by atoms with Crippen LogP contribution in [-0.2, 0) is 0 Å². The molecule has 2 nitrogen and oxygen atoms in total. The zero-order valence-electron chi connectivity index (χ0n) is 10.5. The summed E-state index contributed by atoms with van der Waals surface area (Å²) in [5, 5.41) is 0. The van der Waals surface area contributed by atoms with E-state index < -0.39 is 0 Å². The second kappa shape index (κ2) is 6.20. The van der Waals surface area contributed by atoms with Gasteiger partial charge >= 0.3 is 0 Å². The summed E-state index contributed by atoms with van der Waals surface area (Å²) >= 11 is 6.89. The first-order chi connectivity index (χ1) is 8.63. The van der Waals surface area contributed by atoms with Crippen molar-refractivity contribution in [3.8, 4) is 0 Å². The molecular formula is C14H17Br2NO. The lowest BCUT2D eigenvalue weighted by Crippen LogP contribution is -2.34. The Morgan fingerprint density at radius 2 is 2.11 bits per heavy atom. The van der Waals surface area contributed by atoms with Gasteiger partial charge in [-0.05, 0) is 53.4 Å². The third-order valence-electron chi connectivity index (χ3n) is 3.16. The summed E-state index contributed by atoms with van der Waals surface area (Å²) in [6, 6.07) is 6.21. The monoisotopic (exact) mass is 373 g/mol. The molecule has 0 spiro atoms. The Kier molecular flexibility index (Phi) is 4.84. The summed E-state index contributed by atoms with van der Waals surface area (Å²) in [4.78, 5) is 14.6. The number of halogens is 2. The van der Waals surface area contributed by atoms with Crippen molar-refractivity contribution < 1.29 is 4.79 Å². The van der Waals surface area contributed by atoms with Crippen molar-refractivity contribution in [1.82, 2.24) is 4.90 Å². The van der Waals surface area contributed by atoms with E-state index in [0.29, 0.717) is 6.04 Å². The van der Waals surface area contributed by atoms with Gasteiger partial charge in [-0.25, -0.2) is 0 Å². The molecule has 0 bridgehead atoms. The summed E-state index contributed by atoms with van der Waals surface area (Å²) in [5.41, 5.74) is 0.765. The van der Waals surface area contributed by atoms with Crippen molar-refractivity contribution in [2.24, 2.45) is 0 Å². The van der Waals surface area contributed by atoms with Gasteiger partial charge in [-0.2, -0.15) is 0 Å². The van der Waals surface area contributed by atoms with E-state index in [1.54, 1.807) is 0 Å². The quantitative estimate of drug-likeness (QED) is 0.736. The van der Waals surface area contributed by atoms with Gasteiger partial charge in [-0.1, -0.05) is 29.3 Å². The van der Waals surface area contributed by atoms with E-state index in [4.69, 9.17) is 0 Å². The van der Waals surface area contributed by atoms with Gasteiger partial charge < -0.3 is 4.90 Å². The van der Waals surface area contributed by atoms with Crippen molar-refractivity contribution in [3.63, 3.8) is 0 Å². The van der Waals surface area contributed by atoms with E-state index in [2.05, 4.69) is 38.8 Å². The number of nitrogens with zero attached hydrogens (tertiary/aromatic N) is 1. The average Bonchev–Trinajstić information content (AvgIpc) is 3.13. The fourth-order valence-electron chi connectivity index (χ4n) is 1.98. The lowest BCUT2D eigenvalue weighted by atomic mass is 10.2. The third-order valence-corrected chi connectivity index (χ3v) is 4.31. The van der Waals surface area contributed by atoms with Crippen LogP contribution in [0.25, 0.3) is 0 Å². The minimum Gasteiger partial charge on any atom is -0.336 e. The number of rotatable bonds is 5. The van der Waals surface area contributed by atoms with Crippen LogP contribution in [0.3, 0.4) is 0 Å². The fourth-order valence-corrected chi connectivity index (χ4v) is 3.20. The molecule has 1 aliphatic rings. The van der Waals surface area contributed by atoms with Gasteiger partial charge in [0.1, 0.15) is 0 Å². The van der Waals surface area contributed by atoms with Crippen LogP contribution in [0.15, 0.2) is 27.1 Å². The molecule has 0 saturated heterocycles. The van der Waals surface area contributed by atoms with Crippen LogP contribution in [-0.4, -0.2) is 23.4 Å². The van der Waals surface area contributed by atoms with E-state index in [9.17, 15) is 4.79 Å². The summed E-state index contributed by atoms with van der Waals surface area (Å²) in [5.74, 6) is 0.158. The highest BCUT2D eigenvalue weighted by molar-refractivity contribution is 9.11. The zero-order valence-corrected chi connectivity index (χ0v) is 13.6.